The summed E-state index contributed by atoms with van der Waals surface area (Å²) in [6.07, 6.45) is 0. The highest BCUT2D eigenvalue weighted by Gasteiger charge is 2.26. The Balaban J connectivity index is 2.27. The lowest BCUT2D eigenvalue weighted by molar-refractivity contribution is -0.133. The first-order valence-electron chi connectivity index (χ1n) is 8.47. The molecule has 4 nitrogen and oxygen atoms in total. The molecule has 0 aliphatic rings. The van der Waals surface area contributed by atoms with Crippen LogP contribution in [-0.4, -0.2) is 29.3 Å². The van der Waals surface area contributed by atoms with Crippen LogP contribution in [0.4, 0.5) is 18.9 Å². The molecule has 2 rings (SSSR count). The number of hydrogen-bond donors (Lipinski definition) is 0. The summed E-state index contributed by atoms with van der Waals surface area (Å²) in [4.78, 5) is 27.1. The standard InChI is InChI=1S/C20H21F3N2O2/c1-13(2)24(11-15-7-5-4-6-8-15)18(27)12-25(14(3)26)17-10-9-16(21)19(22)20(17)23/h4-10,13H,11-12H2,1-3H3. The van der Waals surface area contributed by atoms with Crippen LogP contribution in [0, 0.1) is 17.5 Å². The number of halogens is 3. The summed E-state index contributed by atoms with van der Waals surface area (Å²) in [5.41, 5.74) is 0.422. The fourth-order valence-electron chi connectivity index (χ4n) is 2.66. The number of benzene rings is 2. The molecule has 27 heavy (non-hydrogen) atoms. The molecule has 0 radical (unpaired) electrons. The highest BCUT2D eigenvalue weighted by molar-refractivity contribution is 5.97. The van der Waals surface area contributed by atoms with Crippen molar-refractivity contribution >= 4 is 17.5 Å². The van der Waals surface area contributed by atoms with E-state index in [2.05, 4.69) is 0 Å². The molecule has 2 aromatic carbocycles. The maximum atomic E-state index is 14.1. The van der Waals surface area contributed by atoms with Gasteiger partial charge >= 0.3 is 0 Å². The fourth-order valence-corrected chi connectivity index (χ4v) is 2.66. The monoisotopic (exact) mass is 378 g/mol. The molecule has 0 bridgehead atoms. The predicted molar refractivity (Wildman–Crippen MR) is 96.5 cm³/mol. The molecule has 2 aromatic rings. The van der Waals surface area contributed by atoms with Crippen molar-refractivity contribution in [2.75, 3.05) is 11.4 Å². The second-order valence-corrected chi connectivity index (χ2v) is 6.40. The molecule has 0 spiro atoms. The van der Waals surface area contributed by atoms with Crippen molar-refractivity contribution in [2.24, 2.45) is 0 Å². The fraction of sp³-hybridized carbons (Fsp3) is 0.300. The minimum atomic E-state index is -1.68. The number of hydrogen-bond acceptors (Lipinski definition) is 2. The van der Waals surface area contributed by atoms with E-state index < -0.39 is 41.5 Å². The molecular weight excluding hydrogens is 357 g/mol. The topological polar surface area (TPSA) is 40.6 Å². The summed E-state index contributed by atoms with van der Waals surface area (Å²) in [5, 5.41) is 0. The van der Waals surface area contributed by atoms with E-state index in [1.165, 1.54) is 4.90 Å². The number of anilines is 1. The highest BCUT2D eigenvalue weighted by Crippen LogP contribution is 2.24. The van der Waals surface area contributed by atoms with E-state index in [0.717, 1.165) is 29.5 Å². The van der Waals surface area contributed by atoms with Crippen LogP contribution in [0.5, 0.6) is 0 Å². The average Bonchev–Trinajstić information content (AvgIpc) is 2.63. The Hall–Kier alpha value is -2.83. The van der Waals surface area contributed by atoms with Crippen LogP contribution in [0.2, 0.25) is 0 Å². The van der Waals surface area contributed by atoms with Crippen molar-refractivity contribution in [3.05, 3.63) is 65.5 Å². The Morgan fingerprint density at radius 3 is 2.15 bits per heavy atom. The maximum Gasteiger partial charge on any atom is 0.243 e. The summed E-state index contributed by atoms with van der Waals surface area (Å²) in [7, 11) is 0. The third kappa shape index (κ3) is 4.87. The average molecular weight is 378 g/mol. The molecule has 144 valence electrons. The highest BCUT2D eigenvalue weighted by atomic mass is 19.2. The van der Waals surface area contributed by atoms with E-state index in [0.29, 0.717) is 6.54 Å². The van der Waals surface area contributed by atoms with Gasteiger partial charge in [0.15, 0.2) is 17.5 Å². The Morgan fingerprint density at radius 2 is 1.59 bits per heavy atom. The van der Waals surface area contributed by atoms with Gasteiger partial charge in [-0.15, -0.1) is 0 Å². The third-order valence-corrected chi connectivity index (χ3v) is 4.12. The SMILES string of the molecule is CC(=O)N(CC(=O)N(Cc1ccccc1)C(C)C)c1ccc(F)c(F)c1F. The molecule has 0 fully saturated rings. The zero-order chi connectivity index (χ0) is 20.1. The number of amides is 2. The van der Waals surface area contributed by atoms with Gasteiger partial charge in [-0.05, 0) is 31.5 Å². The van der Waals surface area contributed by atoms with Gasteiger partial charge in [-0.2, -0.15) is 0 Å². The first-order valence-corrected chi connectivity index (χ1v) is 8.47. The van der Waals surface area contributed by atoms with E-state index in [1.54, 1.807) is 0 Å². The van der Waals surface area contributed by atoms with Crippen LogP contribution in [0.3, 0.4) is 0 Å². The van der Waals surface area contributed by atoms with Crippen LogP contribution >= 0.6 is 0 Å². The van der Waals surface area contributed by atoms with Gasteiger partial charge in [-0.25, -0.2) is 13.2 Å². The van der Waals surface area contributed by atoms with Gasteiger partial charge in [-0.3, -0.25) is 9.59 Å². The van der Waals surface area contributed by atoms with E-state index in [1.807, 2.05) is 44.2 Å². The minimum absolute atomic E-state index is 0.179. The quantitative estimate of drug-likeness (QED) is 0.716. The van der Waals surface area contributed by atoms with Gasteiger partial charge < -0.3 is 9.80 Å². The lowest BCUT2D eigenvalue weighted by atomic mass is 10.2. The normalized spacial score (nSPS) is 10.8. The van der Waals surface area contributed by atoms with Crippen LogP contribution in [0.1, 0.15) is 26.3 Å². The summed E-state index contributed by atoms with van der Waals surface area (Å²) in [6.45, 7) is 4.59. The van der Waals surface area contributed by atoms with Crippen molar-refractivity contribution in [2.45, 2.75) is 33.4 Å². The van der Waals surface area contributed by atoms with Gasteiger partial charge in [0.2, 0.25) is 11.8 Å². The zero-order valence-electron chi connectivity index (χ0n) is 15.4. The van der Waals surface area contributed by atoms with Crippen molar-refractivity contribution < 1.29 is 22.8 Å². The lowest BCUT2D eigenvalue weighted by Crippen LogP contribution is -2.45. The molecule has 0 N–H and O–H groups in total. The Morgan fingerprint density at radius 1 is 0.963 bits per heavy atom. The molecule has 0 heterocycles. The number of carbonyl (C=O) groups excluding carboxylic acids is 2. The van der Waals surface area contributed by atoms with Crippen molar-refractivity contribution in [1.29, 1.82) is 0 Å². The molecule has 7 heteroatoms. The van der Waals surface area contributed by atoms with Crippen LogP contribution in [-0.2, 0) is 16.1 Å². The molecule has 0 aliphatic carbocycles. The number of nitrogens with zero attached hydrogens (tertiary/aromatic N) is 2. The smallest absolute Gasteiger partial charge is 0.243 e. The van der Waals surface area contributed by atoms with Gasteiger partial charge in [0.05, 0.1) is 5.69 Å². The van der Waals surface area contributed by atoms with Crippen LogP contribution < -0.4 is 4.90 Å². The van der Waals surface area contributed by atoms with Gasteiger partial charge in [0.1, 0.15) is 6.54 Å². The van der Waals surface area contributed by atoms with Crippen molar-refractivity contribution in [3.8, 4) is 0 Å². The molecular formula is C20H21F3N2O2. The second kappa shape index (κ2) is 8.70. The van der Waals surface area contributed by atoms with Crippen molar-refractivity contribution in [3.63, 3.8) is 0 Å². The first-order chi connectivity index (χ1) is 12.7. The minimum Gasteiger partial charge on any atom is -0.334 e. The summed E-state index contributed by atoms with van der Waals surface area (Å²) >= 11 is 0. The van der Waals surface area contributed by atoms with Crippen molar-refractivity contribution in [1.82, 2.24) is 4.90 Å². The molecule has 0 atom stereocenters. The number of carbonyl (C=O) groups is 2. The van der Waals surface area contributed by atoms with Gasteiger partial charge in [0, 0.05) is 19.5 Å². The van der Waals surface area contributed by atoms with E-state index in [-0.39, 0.29) is 6.04 Å². The largest absolute Gasteiger partial charge is 0.334 e. The Kier molecular flexibility index (Phi) is 6.60. The molecule has 2 amide bonds. The van der Waals surface area contributed by atoms with Crippen LogP contribution in [0.15, 0.2) is 42.5 Å². The number of rotatable bonds is 6. The first kappa shape index (κ1) is 20.5. The summed E-state index contributed by atoms with van der Waals surface area (Å²) < 4.78 is 40.8. The molecule has 0 saturated heterocycles. The lowest BCUT2D eigenvalue weighted by Gasteiger charge is -2.30. The van der Waals surface area contributed by atoms with E-state index in [9.17, 15) is 22.8 Å². The maximum absolute atomic E-state index is 14.1. The molecule has 0 aromatic heterocycles. The molecule has 0 aliphatic heterocycles. The Labute approximate surface area is 156 Å². The van der Waals surface area contributed by atoms with Crippen LogP contribution in [0.25, 0.3) is 0 Å². The van der Waals surface area contributed by atoms with E-state index in [4.69, 9.17) is 0 Å². The van der Waals surface area contributed by atoms with Gasteiger partial charge in [-0.1, -0.05) is 30.3 Å². The molecule has 0 unspecified atom stereocenters. The predicted octanol–water partition coefficient (Wildman–Crippen LogP) is 3.89. The molecule has 0 saturated carbocycles. The summed E-state index contributed by atoms with van der Waals surface area (Å²) in [5.74, 6) is -5.64. The third-order valence-electron chi connectivity index (χ3n) is 4.12. The zero-order valence-corrected chi connectivity index (χ0v) is 15.4. The Bertz CT molecular complexity index is 825. The van der Waals surface area contributed by atoms with E-state index >= 15 is 0 Å². The second-order valence-electron chi connectivity index (χ2n) is 6.40. The summed E-state index contributed by atoms with van der Waals surface area (Å²) in [6, 6.07) is 10.8. The van der Waals surface area contributed by atoms with Gasteiger partial charge in [0.25, 0.3) is 0 Å².